The molecular formula is C23H30ClN3O2. The molecule has 0 saturated carbocycles. The monoisotopic (exact) mass is 415 g/mol. The van der Waals surface area contributed by atoms with Gasteiger partial charge in [-0.05, 0) is 44.3 Å². The number of hydrogen-bond acceptors (Lipinski definition) is 4. The van der Waals surface area contributed by atoms with Gasteiger partial charge in [-0.1, -0.05) is 43.7 Å². The molecule has 0 spiro atoms. The number of unbranched alkanes of at least 4 members (excludes halogenated alkanes) is 1. The van der Waals surface area contributed by atoms with E-state index >= 15 is 0 Å². The van der Waals surface area contributed by atoms with E-state index in [2.05, 4.69) is 24.0 Å². The maximum absolute atomic E-state index is 12.8. The fraction of sp³-hybridized carbons (Fsp3) is 0.391. The third-order valence-corrected chi connectivity index (χ3v) is 4.76. The van der Waals surface area contributed by atoms with Crippen molar-refractivity contribution in [3.8, 4) is 5.75 Å². The Morgan fingerprint density at radius 1 is 1.03 bits per heavy atom. The highest BCUT2D eigenvalue weighted by Crippen LogP contribution is 2.19. The molecule has 0 aliphatic heterocycles. The lowest BCUT2D eigenvalue weighted by atomic mass is 10.0. The van der Waals surface area contributed by atoms with Crippen LogP contribution in [-0.2, 0) is 13.0 Å². The first kappa shape index (κ1) is 22.9. The van der Waals surface area contributed by atoms with Crippen LogP contribution in [0.5, 0.6) is 5.75 Å². The van der Waals surface area contributed by atoms with Crippen molar-refractivity contribution >= 4 is 23.2 Å². The number of nitrogens with zero attached hydrogens (tertiary/aromatic N) is 3. The predicted octanol–water partition coefficient (Wildman–Crippen LogP) is 4.15. The van der Waals surface area contributed by atoms with Crippen molar-refractivity contribution in [3.05, 3.63) is 70.1 Å². The number of rotatable bonds is 9. The van der Waals surface area contributed by atoms with E-state index in [9.17, 15) is 4.79 Å². The molecule has 0 aliphatic carbocycles. The van der Waals surface area contributed by atoms with Crippen LogP contribution >= 0.6 is 12.4 Å². The van der Waals surface area contributed by atoms with Gasteiger partial charge in [0.2, 0.25) is 0 Å². The van der Waals surface area contributed by atoms with Gasteiger partial charge in [0.05, 0.1) is 24.2 Å². The predicted molar refractivity (Wildman–Crippen MR) is 121 cm³/mol. The summed E-state index contributed by atoms with van der Waals surface area (Å²) in [6.07, 6.45) is 2.87. The zero-order chi connectivity index (χ0) is 19.9. The van der Waals surface area contributed by atoms with Gasteiger partial charge in [0.1, 0.15) is 5.75 Å². The van der Waals surface area contributed by atoms with Crippen LogP contribution in [0.3, 0.4) is 0 Å². The van der Waals surface area contributed by atoms with Crippen molar-refractivity contribution in [2.24, 2.45) is 0 Å². The first-order chi connectivity index (χ1) is 13.6. The van der Waals surface area contributed by atoms with Crippen molar-refractivity contribution in [2.45, 2.75) is 32.7 Å². The number of halogens is 1. The van der Waals surface area contributed by atoms with E-state index in [1.165, 1.54) is 0 Å². The highest BCUT2D eigenvalue weighted by Gasteiger charge is 2.11. The zero-order valence-corrected chi connectivity index (χ0v) is 18.2. The smallest absolute Gasteiger partial charge is 0.274 e. The van der Waals surface area contributed by atoms with Crippen LogP contribution in [0.4, 0.5) is 0 Å². The number of fused-ring (bicyclic) bond motifs is 1. The van der Waals surface area contributed by atoms with E-state index in [4.69, 9.17) is 9.84 Å². The highest BCUT2D eigenvalue weighted by molar-refractivity contribution is 5.85. The molecule has 29 heavy (non-hydrogen) atoms. The molecule has 156 valence electrons. The molecule has 5 nitrogen and oxygen atoms in total. The van der Waals surface area contributed by atoms with E-state index in [1.54, 1.807) is 4.68 Å². The molecule has 0 atom stereocenters. The Balaban J connectivity index is 0.00000300. The Kier molecular flexibility index (Phi) is 8.68. The lowest BCUT2D eigenvalue weighted by Gasteiger charge is -2.14. The van der Waals surface area contributed by atoms with Crippen LogP contribution in [0.15, 0.2) is 53.3 Å². The molecule has 0 aliphatic rings. The molecule has 0 unspecified atom stereocenters. The van der Waals surface area contributed by atoms with Crippen LogP contribution in [0.1, 0.15) is 31.0 Å². The topological polar surface area (TPSA) is 47.4 Å². The minimum absolute atomic E-state index is 0. The van der Waals surface area contributed by atoms with Gasteiger partial charge in [-0.15, -0.1) is 12.4 Å². The molecule has 0 amide bonds. The molecule has 1 heterocycles. The van der Waals surface area contributed by atoms with E-state index in [-0.39, 0.29) is 18.0 Å². The number of ether oxygens (including phenoxy) is 1. The Morgan fingerprint density at radius 2 is 1.72 bits per heavy atom. The lowest BCUT2D eigenvalue weighted by molar-refractivity contribution is 0.309. The molecule has 0 fully saturated rings. The quantitative estimate of drug-likeness (QED) is 0.492. The Hall–Kier alpha value is -2.37. The molecule has 6 heteroatoms. The van der Waals surface area contributed by atoms with Crippen LogP contribution in [0, 0.1) is 0 Å². The second-order valence-corrected chi connectivity index (χ2v) is 7.35. The normalized spacial score (nSPS) is 10.9. The molecule has 0 saturated heterocycles. The number of likely N-dealkylation sites (N-methyl/N-ethyl adjacent to an activating group) is 1. The third kappa shape index (κ3) is 6.05. The Morgan fingerprint density at radius 3 is 2.38 bits per heavy atom. The Bertz CT molecular complexity index is 968. The molecular weight excluding hydrogens is 386 g/mol. The molecule has 0 N–H and O–H groups in total. The van der Waals surface area contributed by atoms with Crippen LogP contribution in [-0.4, -0.2) is 41.9 Å². The van der Waals surface area contributed by atoms with Gasteiger partial charge in [0.15, 0.2) is 0 Å². The second kappa shape index (κ2) is 11.0. The summed E-state index contributed by atoms with van der Waals surface area (Å²) in [6.45, 7) is 4.25. The first-order valence-corrected chi connectivity index (χ1v) is 9.93. The number of hydrogen-bond donors (Lipinski definition) is 0. The minimum Gasteiger partial charge on any atom is -0.494 e. The van der Waals surface area contributed by atoms with Crippen LogP contribution in [0.25, 0.3) is 10.8 Å². The van der Waals surface area contributed by atoms with E-state index in [0.717, 1.165) is 53.8 Å². The van der Waals surface area contributed by atoms with E-state index < -0.39 is 0 Å². The summed E-state index contributed by atoms with van der Waals surface area (Å²) in [5.41, 5.74) is 2.05. The summed E-state index contributed by atoms with van der Waals surface area (Å²) in [7, 11) is 3.99. The highest BCUT2D eigenvalue weighted by atomic mass is 35.5. The van der Waals surface area contributed by atoms with Crippen molar-refractivity contribution in [1.29, 1.82) is 0 Å². The fourth-order valence-corrected chi connectivity index (χ4v) is 3.11. The van der Waals surface area contributed by atoms with Crippen molar-refractivity contribution in [1.82, 2.24) is 14.7 Å². The summed E-state index contributed by atoms with van der Waals surface area (Å²) in [6, 6.07) is 15.9. The van der Waals surface area contributed by atoms with Crippen molar-refractivity contribution < 1.29 is 4.74 Å². The third-order valence-electron chi connectivity index (χ3n) is 4.76. The van der Waals surface area contributed by atoms with Crippen molar-refractivity contribution in [2.75, 3.05) is 27.2 Å². The molecule has 3 rings (SSSR count). The van der Waals surface area contributed by atoms with Gasteiger partial charge < -0.3 is 9.64 Å². The maximum atomic E-state index is 12.8. The van der Waals surface area contributed by atoms with Gasteiger partial charge in [-0.3, -0.25) is 4.79 Å². The average Bonchev–Trinajstić information content (AvgIpc) is 2.70. The summed E-state index contributed by atoms with van der Waals surface area (Å²) in [5, 5.41) is 6.35. The van der Waals surface area contributed by atoms with Gasteiger partial charge in [-0.25, -0.2) is 4.68 Å². The zero-order valence-electron chi connectivity index (χ0n) is 17.4. The molecule has 2 aromatic carbocycles. The molecule has 0 bridgehead atoms. The van der Waals surface area contributed by atoms with E-state index in [1.807, 2.05) is 50.5 Å². The molecule has 3 aromatic rings. The Labute approximate surface area is 178 Å². The van der Waals surface area contributed by atoms with Gasteiger partial charge in [0, 0.05) is 18.4 Å². The maximum Gasteiger partial charge on any atom is 0.274 e. The summed E-state index contributed by atoms with van der Waals surface area (Å²) < 4.78 is 7.34. The lowest BCUT2D eigenvalue weighted by Crippen LogP contribution is -2.29. The standard InChI is InChI=1S/C23H29N3O2.ClH/c1-4-5-16-28-19-12-10-18(11-13-19)17-22-20-8-6-7-9-21(20)23(27)26(24-22)15-14-25(2)3;/h6-13H,4-5,14-17H2,1-3H3;1H. The summed E-state index contributed by atoms with van der Waals surface area (Å²) >= 11 is 0. The molecule has 1 aromatic heterocycles. The fourth-order valence-electron chi connectivity index (χ4n) is 3.11. The number of benzene rings is 2. The SMILES string of the molecule is CCCCOc1ccc(Cc2nn(CCN(C)C)c(=O)c3ccccc23)cc1.Cl. The minimum atomic E-state index is -0.0270. The van der Waals surface area contributed by atoms with Crippen molar-refractivity contribution in [3.63, 3.8) is 0 Å². The van der Waals surface area contributed by atoms with Crippen LogP contribution < -0.4 is 10.3 Å². The van der Waals surface area contributed by atoms with Gasteiger partial charge in [0.25, 0.3) is 5.56 Å². The van der Waals surface area contributed by atoms with Gasteiger partial charge in [-0.2, -0.15) is 5.10 Å². The summed E-state index contributed by atoms with van der Waals surface area (Å²) in [4.78, 5) is 14.8. The summed E-state index contributed by atoms with van der Waals surface area (Å²) in [5.74, 6) is 0.894. The van der Waals surface area contributed by atoms with Crippen LogP contribution in [0.2, 0.25) is 0 Å². The average molecular weight is 416 g/mol. The molecule has 0 radical (unpaired) electrons. The first-order valence-electron chi connectivity index (χ1n) is 9.93. The largest absolute Gasteiger partial charge is 0.494 e. The van der Waals surface area contributed by atoms with Gasteiger partial charge >= 0.3 is 0 Å². The number of aromatic nitrogens is 2. The van der Waals surface area contributed by atoms with E-state index in [0.29, 0.717) is 13.0 Å². The second-order valence-electron chi connectivity index (χ2n) is 7.35.